The Labute approximate surface area is 189 Å². The van der Waals surface area contributed by atoms with Crippen molar-refractivity contribution in [1.29, 1.82) is 0 Å². The largest absolute Gasteiger partial charge is 0.365 e. The van der Waals surface area contributed by atoms with Gasteiger partial charge in [0, 0.05) is 37.3 Å². The second kappa shape index (κ2) is 8.88. The monoisotopic (exact) mass is 458 g/mol. The first-order chi connectivity index (χ1) is 14.8. The predicted molar refractivity (Wildman–Crippen MR) is 123 cm³/mol. The van der Waals surface area contributed by atoms with Gasteiger partial charge in [-0.3, -0.25) is 9.59 Å². The summed E-state index contributed by atoms with van der Waals surface area (Å²) in [6.45, 7) is 2.20. The Balaban J connectivity index is 1.41. The molecule has 3 aromatic heterocycles. The maximum atomic E-state index is 12.6. The standard InChI is InChI=1S/C21H26N6O2S2/c1-12-6-7-14-15(9-12)31-20(18(14)19(22)29)23-17(28)11-30-21-25-24-16(27(21)3)10-13-5-4-8-26(13)2/h4-5,8,12H,6-7,9-11H2,1-3H3,(H2,22,29)(H,23,28)/t12-/m1/s1. The Morgan fingerprint density at radius 3 is 2.87 bits per heavy atom. The summed E-state index contributed by atoms with van der Waals surface area (Å²) in [6.07, 6.45) is 5.45. The number of carbonyl (C=O) groups is 2. The van der Waals surface area contributed by atoms with Gasteiger partial charge in [0.15, 0.2) is 5.16 Å². The molecule has 4 rings (SSSR count). The molecule has 164 valence electrons. The maximum absolute atomic E-state index is 12.6. The van der Waals surface area contributed by atoms with Crippen LogP contribution in [0.3, 0.4) is 0 Å². The summed E-state index contributed by atoms with van der Waals surface area (Å²) < 4.78 is 3.96. The van der Waals surface area contributed by atoms with Crippen molar-refractivity contribution in [2.75, 3.05) is 11.1 Å². The van der Waals surface area contributed by atoms with Gasteiger partial charge in [0.2, 0.25) is 5.91 Å². The molecule has 0 radical (unpaired) electrons. The molecule has 0 unspecified atom stereocenters. The highest BCUT2D eigenvalue weighted by atomic mass is 32.2. The molecule has 1 aliphatic carbocycles. The van der Waals surface area contributed by atoms with Crippen LogP contribution in [0, 0.1) is 5.92 Å². The Morgan fingerprint density at radius 1 is 1.35 bits per heavy atom. The van der Waals surface area contributed by atoms with E-state index in [-0.39, 0.29) is 11.7 Å². The number of nitrogens with two attached hydrogens (primary N) is 1. The van der Waals surface area contributed by atoms with Crippen molar-refractivity contribution in [3.05, 3.63) is 45.9 Å². The maximum Gasteiger partial charge on any atom is 0.251 e. The second-order valence-electron chi connectivity index (χ2n) is 8.00. The van der Waals surface area contributed by atoms with Crippen LogP contribution in [0.1, 0.15) is 45.7 Å². The van der Waals surface area contributed by atoms with Crippen LogP contribution in [-0.2, 0) is 38.2 Å². The highest BCUT2D eigenvalue weighted by Gasteiger charge is 2.27. The molecule has 1 aliphatic rings. The minimum Gasteiger partial charge on any atom is -0.365 e. The molecular formula is C21H26N6O2S2. The molecule has 0 saturated carbocycles. The predicted octanol–water partition coefficient (Wildman–Crippen LogP) is 2.76. The first-order valence-electron chi connectivity index (χ1n) is 10.2. The lowest BCUT2D eigenvalue weighted by Crippen LogP contribution is -2.20. The molecule has 31 heavy (non-hydrogen) atoms. The number of rotatable bonds is 7. The number of thiophene rings is 1. The van der Waals surface area contributed by atoms with Crippen molar-refractivity contribution in [1.82, 2.24) is 19.3 Å². The summed E-state index contributed by atoms with van der Waals surface area (Å²) in [4.78, 5) is 25.8. The fraction of sp³-hybridized carbons (Fsp3) is 0.429. The van der Waals surface area contributed by atoms with E-state index in [1.165, 1.54) is 23.1 Å². The van der Waals surface area contributed by atoms with E-state index in [2.05, 4.69) is 22.4 Å². The molecule has 0 spiro atoms. The Bertz CT molecular complexity index is 1130. The van der Waals surface area contributed by atoms with Crippen LogP contribution < -0.4 is 11.1 Å². The molecule has 0 aromatic carbocycles. The van der Waals surface area contributed by atoms with Gasteiger partial charge in [-0.25, -0.2) is 0 Å². The summed E-state index contributed by atoms with van der Waals surface area (Å²) in [6, 6.07) is 4.04. The minimum atomic E-state index is -0.478. The summed E-state index contributed by atoms with van der Waals surface area (Å²) in [5.74, 6) is 0.917. The first kappa shape index (κ1) is 21.6. The van der Waals surface area contributed by atoms with E-state index in [0.717, 1.165) is 41.2 Å². The minimum absolute atomic E-state index is 0.174. The van der Waals surface area contributed by atoms with Gasteiger partial charge in [-0.2, -0.15) is 0 Å². The van der Waals surface area contributed by atoms with E-state index < -0.39 is 5.91 Å². The average molecular weight is 459 g/mol. The van der Waals surface area contributed by atoms with Crippen LogP contribution in [0.2, 0.25) is 0 Å². The molecule has 3 heterocycles. The Hall–Kier alpha value is -2.59. The Kier molecular flexibility index (Phi) is 6.19. The summed E-state index contributed by atoms with van der Waals surface area (Å²) in [7, 11) is 3.90. The number of aromatic nitrogens is 4. The van der Waals surface area contributed by atoms with Crippen molar-refractivity contribution >= 4 is 39.9 Å². The molecule has 10 heteroatoms. The van der Waals surface area contributed by atoms with Gasteiger partial charge >= 0.3 is 0 Å². The fourth-order valence-electron chi connectivity index (χ4n) is 3.86. The van der Waals surface area contributed by atoms with E-state index in [1.54, 1.807) is 0 Å². The lowest BCUT2D eigenvalue weighted by atomic mass is 9.88. The summed E-state index contributed by atoms with van der Waals surface area (Å²) in [5.41, 5.74) is 8.27. The highest BCUT2D eigenvalue weighted by Crippen LogP contribution is 2.39. The number of hydrogen-bond acceptors (Lipinski definition) is 6. The van der Waals surface area contributed by atoms with Gasteiger partial charge in [-0.05, 0) is 42.9 Å². The van der Waals surface area contributed by atoms with Crippen molar-refractivity contribution in [3.63, 3.8) is 0 Å². The third-order valence-corrected chi connectivity index (χ3v) is 7.85. The second-order valence-corrected chi connectivity index (χ2v) is 10.0. The van der Waals surface area contributed by atoms with E-state index in [1.807, 2.05) is 41.6 Å². The number of primary amides is 1. The zero-order valence-electron chi connectivity index (χ0n) is 17.8. The van der Waals surface area contributed by atoms with Crippen molar-refractivity contribution in [3.8, 4) is 0 Å². The molecule has 2 amide bonds. The summed E-state index contributed by atoms with van der Waals surface area (Å²) in [5, 5.41) is 12.6. The third-order valence-electron chi connectivity index (χ3n) is 5.66. The van der Waals surface area contributed by atoms with Crippen LogP contribution in [-0.4, -0.2) is 36.9 Å². The number of hydrogen-bond donors (Lipinski definition) is 2. The van der Waals surface area contributed by atoms with Crippen LogP contribution >= 0.6 is 23.1 Å². The molecule has 0 aliphatic heterocycles. The molecule has 0 bridgehead atoms. The number of anilines is 1. The highest BCUT2D eigenvalue weighted by molar-refractivity contribution is 7.99. The van der Waals surface area contributed by atoms with Gasteiger partial charge < -0.3 is 20.2 Å². The van der Waals surface area contributed by atoms with E-state index in [0.29, 0.717) is 28.1 Å². The van der Waals surface area contributed by atoms with Crippen LogP contribution in [0.25, 0.3) is 0 Å². The molecule has 3 aromatic rings. The normalized spacial score (nSPS) is 15.6. The van der Waals surface area contributed by atoms with Crippen LogP contribution in [0.15, 0.2) is 23.5 Å². The van der Waals surface area contributed by atoms with Crippen molar-refractivity contribution in [2.45, 2.75) is 37.8 Å². The van der Waals surface area contributed by atoms with Gasteiger partial charge in [0.25, 0.3) is 5.91 Å². The SMILES string of the molecule is C[C@@H]1CCc2c(sc(NC(=O)CSc3nnc(Cc4cccn4C)n3C)c2C(N)=O)C1. The molecular weight excluding hydrogens is 432 g/mol. The fourth-order valence-corrected chi connectivity index (χ4v) is 6.02. The third kappa shape index (κ3) is 4.54. The first-order valence-corrected chi connectivity index (χ1v) is 12.0. The number of amides is 2. The van der Waals surface area contributed by atoms with E-state index >= 15 is 0 Å². The van der Waals surface area contributed by atoms with Gasteiger partial charge in [-0.15, -0.1) is 21.5 Å². The molecule has 0 saturated heterocycles. The van der Waals surface area contributed by atoms with Crippen molar-refractivity contribution < 1.29 is 9.59 Å². The van der Waals surface area contributed by atoms with E-state index in [9.17, 15) is 9.59 Å². The van der Waals surface area contributed by atoms with Crippen molar-refractivity contribution in [2.24, 2.45) is 25.7 Å². The molecule has 3 N–H and O–H groups in total. The van der Waals surface area contributed by atoms with E-state index in [4.69, 9.17) is 5.73 Å². The van der Waals surface area contributed by atoms with Gasteiger partial charge in [0.05, 0.1) is 11.3 Å². The molecule has 1 atom stereocenters. The number of carbonyl (C=O) groups excluding carboxylic acids is 2. The number of fused-ring (bicyclic) bond motifs is 1. The van der Waals surface area contributed by atoms with Crippen LogP contribution in [0.5, 0.6) is 0 Å². The van der Waals surface area contributed by atoms with Gasteiger partial charge in [-0.1, -0.05) is 18.7 Å². The number of aryl methyl sites for hydroxylation is 1. The zero-order valence-corrected chi connectivity index (χ0v) is 19.5. The smallest absolute Gasteiger partial charge is 0.251 e. The zero-order chi connectivity index (χ0) is 22.1. The molecule has 0 fully saturated rings. The average Bonchev–Trinajstić information content (AvgIpc) is 3.38. The van der Waals surface area contributed by atoms with Crippen LogP contribution in [0.4, 0.5) is 5.00 Å². The number of nitrogens with zero attached hydrogens (tertiary/aromatic N) is 4. The summed E-state index contributed by atoms with van der Waals surface area (Å²) >= 11 is 2.80. The molecule has 8 nitrogen and oxygen atoms in total. The number of nitrogens with one attached hydrogen (secondary N) is 1. The lowest BCUT2D eigenvalue weighted by Gasteiger charge is -2.18. The quantitative estimate of drug-likeness (QED) is 0.529. The number of thioether (sulfide) groups is 1. The topological polar surface area (TPSA) is 108 Å². The van der Waals surface area contributed by atoms with Gasteiger partial charge in [0.1, 0.15) is 10.8 Å². The Morgan fingerprint density at radius 2 is 2.16 bits per heavy atom. The lowest BCUT2D eigenvalue weighted by molar-refractivity contribution is -0.113.